The first kappa shape index (κ1) is 32.3. The van der Waals surface area contributed by atoms with Crippen LogP contribution in [-0.2, 0) is 9.59 Å². The molecule has 1 saturated heterocycles. The van der Waals surface area contributed by atoms with Gasteiger partial charge in [-0.05, 0) is 66.1 Å². The second-order valence-corrected chi connectivity index (χ2v) is 10.00. The molecule has 0 unspecified atom stereocenters. The summed E-state index contributed by atoms with van der Waals surface area (Å²) < 4.78 is 34.7. The molecule has 4 rings (SSSR count). The van der Waals surface area contributed by atoms with Gasteiger partial charge in [0.15, 0.2) is 5.75 Å². The molecule has 1 fully saturated rings. The van der Waals surface area contributed by atoms with Crippen molar-refractivity contribution in [2.75, 3.05) is 59.5 Å². The number of ether oxygens (including phenoxy) is 2. The van der Waals surface area contributed by atoms with Gasteiger partial charge < -0.3 is 25.0 Å². The van der Waals surface area contributed by atoms with E-state index in [0.29, 0.717) is 50.0 Å². The highest BCUT2D eigenvalue weighted by molar-refractivity contribution is 5.79. The number of likely N-dealkylation sites (tertiary alicyclic amines) is 1. The number of nitro benzene ring substituents is 1. The minimum absolute atomic E-state index is 0.000357. The highest BCUT2D eigenvalue weighted by atomic mass is 19.1. The number of anilines is 1. The number of carbonyl (C=O) groups is 2. The van der Waals surface area contributed by atoms with Crippen LogP contribution in [0.4, 0.5) is 20.2 Å². The molecular weight excluding hydrogens is 550 g/mol. The molecule has 2 aromatic rings. The van der Waals surface area contributed by atoms with Crippen molar-refractivity contribution in [3.8, 4) is 11.5 Å². The fraction of sp³-hybridized carbons (Fsp3) is 0.467. The smallest absolute Gasteiger partial charge is 0.310 e. The lowest BCUT2D eigenvalue weighted by atomic mass is 9.89. The zero-order valence-electron chi connectivity index (χ0n) is 24.0. The lowest BCUT2D eigenvalue weighted by Crippen LogP contribution is -2.38. The first-order valence-electron chi connectivity index (χ1n) is 13.8. The first-order chi connectivity index (χ1) is 20.2. The Morgan fingerprint density at radius 2 is 1.60 bits per heavy atom. The Morgan fingerprint density at radius 3 is 2.14 bits per heavy atom. The van der Waals surface area contributed by atoms with Crippen molar-refractivity contribution < 1.29 is 32.8 Å². The molecule has 0 spiro atoms. The number of halogens is 2. The molecule has 2 amide bonds. The van der Waals surface area contributed by atoms with Crippen LogP contribution in [0.15, 0.2) is 42.5 Å². The van der Waals surface area contributed by atoms with E-state index in [1.165, 1.54) is 18.7 Å². The third kappa shape index (κ3) is 8.40. The van der Waals surface area contributed by atoms with E-state index < -0.39 is 18.3 Å². The number of nitro groups is 1. The van der Waals surface area contributed by atoms with Crippen molar-refractivity contribution in [3.05, 3.63) is 63.7 Å². The van der Waals surface area contributed by atoms with Gasteiger partial charge in [-0.25, -0.2) is 0 Å². The Morgan fingerprint density at radius 1 is 0.952 bits per heavy atom. The quantitative estimate of drug-likeness (QED) is 0.250. The predicted octanol–water partition coefficient (Wildman–Crippen LogP) is 4.92. The Kier molecular flexibility index (Phi) is 12.1. The van der Waals surface area contributed by atoms with Crippen molar-refractivity contribution in [1.29, 1.82) is 0 Å². The summed E-state index contributed by atoms with van der Waals surface area (Å²) in [7, 11) is 2.99. The molecule has 0 radical (unpaired) electrons. The number of nitrogen functional groups attached to an aromatic ring is 1. The minimum atomic E-state index is -0.647. The number of methoxy groups -OCH3 is 2. The second kappa shape index (κ2) is 15.7. The Hall–Kier alpha value is -4.22. The van der Waals surface area contributed by atoms with Gasteiger partial charge in [-0.2, -0.15) is 0 Å². The molecule has 0 bridgehead atoms. The number of amides is 2. The number of nitrogens with zero attached hydrogens (tertiary/aromatic N) is 3. The molecule has 0 atom stereocenters. The van der Waals surface area contributed by atoms with E-state index in [1.807, 2.05) is 24.3 Å². The highest BCUT2D eigenvalue weighted by Gasteiger charge is 2.24. The number of alkyl halides is 2. The lowest BCUT2D eigenvalue weighted by molar-refractivity contribution is -0.385. The Labute approximate surface area is 244 Å². The van der Waals surface area contributed by atoms with Gasteiger partial charge in [-0.3, -0.25) is 28.5 Å². The lowest BCUT2D eigenvalue weighted by Gasteiger charge is -2.32. The molecule has 2 aliphatic rings. The van der Waals surface area contributed by atoms with Crippen LogP contribution >= 0.6 is 0 Å². The maximum absolute atomic E-state index is 12.2. The van der Waals surface area contributed by atoms with E-state index in [0.717, 1.165) is 24.0 Å². The van der Waals surface area contributed by atoms with Crippen LogP contribution in [-0.4, -0.2) is 80.3 Å². The summed E-state index contributed by atoms with van der Waals surface area (Å²) in [5.41, 5.74) is 9.38. The van der Waals surface area contributed by atoms with Gasteiger partial charge in [0, 0.05) is 32.2 Å². The molecule has 10 nitrogen and oxygen atoms in total. The number of piperidine rings is 1. The molecule has 0 aliphatic carbocycles. The van der Waals surface area contributed by atoms with Crippen molar-refractivity contribution >= 4 is 28.8 Å². The first-order valence-corrected chi connectivity index (χ1v) is 13.8. The van der Waals surface area contributed by atoms with Gasteiger partial charge in [0.1, 0.15) is 5.75 Å². The third-order valence-corrected chi connectivity index (χ3v) is 7.50. The van der Waals surface area contributed by atoms with Crippen molar-refractivity contribution in [2.24, 2.45) is 0 Å². The summed E-state index contributed by atoms with van der Waals surface area (Å²) in [6.45, 7) is 1.10. The van der Waals surface area contributed by atoms with Crippen molar-refractivity contribution in [2.45, 2.75) is 38.0 Å². The van der Waals surface area contributed by atoms with Gasteiger partial charge in [0.25, 0.3) is 0 Å². The van der Waals surface area contributed by atoms with E-state index in [-0.39, 0.29) is 36.1 Å². The van der Waals surface area contributed by atoms with Crippen LogP contribution in [0.5, 0.6) is 11.5 Å². The van der Waals surface area contributed by atoms with Crippen LogP contribution in [0.25, 0.3) is 5.57 Å². The molecule has 12 heteroatoms. The van der Waals surface area contributed by atoms with E-state index in [4.69, 9.17) is 15.2 Å². The number of rotatable bonds is 9. The van der Waals surface area contributed by atoms with Gasteiger partial charge in [-0.15, -0.1) is 0 Å². The van der Waals surface area contributed by atoms with Gasteiger partial charge in [0.05, 0.1) is 51.0 Å². The summed E-state index contributed by atoms with van der Waals surface area (Å²) in [6, 6.07) is 10.6. The molecule has 2 heterocycles. The fourth-order valence-electron chi connectivity index (χ4n) is 5.11. The summed E-state index contributed by atoms with van der Waals surface area (Å²) in [6.07, 6.45) is 4.21. The van der Waals surface area contributed by atoms with Crippen LogP contribution in [0, 0.1) is 10.1 Å². The maximum Gasteiger partial charge on any atom is 0.310 e. The van der Waals surface area contributed by atoms with Crippen LogP contribution in [0.2, 0.25) is 0 Å². The molecule has 2 aromatic carbocycles. The summed E-state index contributed by atoms with van der Waals surface area (Å²) >= 11 is 0. The van der Waals surface area contributed by atoms with Crippen molar-refractivity contribution in [3.63, 3.8) is 0 Å². The standard InChI is InChI=1S/C15H17FN2O4.C15H21FN2O2/c1-22-14-10-12(2-3-13(14)18(20)21)11-5-8-17(9-6-11)15(19)4-7-16;1-20-14-10-12(2-3-13(14)17)11-5-8-18(9-6-11)15(19)4-7-16/h2-3,5,10H,4,6-9H2,1H3;2-3,10-11H,4-9,17H2,1H3. The van der Waals surface area contributed by atoms with Gasteiger partial charge >= 0.3 is 5.69 Å². The molecule has 2 N–H and O–H groups in total. The number of hydrogen-bond acceptors (Lipinski definition) is 7. The van der Waals surface area contributed by atoms with E-state index >= 15 is 0 Å². The highest BCUT2D eigenvalue weighted by Crippen LogP contribution is 2.33. The average molecular weight is 589 g/mol. The Balaban J connectivity index is 0.000000231. The van der Waals surface area contributed by atoms with E-state index in [1.54, 1.807) is 29.0 Å². The second-order valence-electron chi connectivity index (χ2n) is 10.00. The van der Waals surface area contributed by atoms with Gasteiger partial charge in [-0.1, -0.05) is 12.1 Å². The average Bonchev–Trinajstić information content (AvgIpc) is 3.01. The van der Waals surface area contributed by atoms with E-state index in [2.05, 4.69) is 0 Å². The zero-order chi connectivity index (χ0) is 30.6. The largest absolute Gasteiger partial charge is 0.495 e. The molecule has 0 saturated carbocycles. The molecule has 0 aromatic heterocycles. The molecule has 42 heavy (non-hydrogen) atoms. The normalized spacial score (nSPS) is 15.3. The van der Waals surface area contributed by atoms with Crippen LogP contribution in [0.3, 0.4) is 0 Å². The summed E-state index contributed by atoms with van der Waals surface area (Å²) in [4.78, 5) is 37.0. The van der Waals surface area contributed by atoms with Crippen LogP contribution in [0.1, 0.15) is 49.1 Å². The third-order valence-electron chi connectivity index (χ3n) is 7.50. The zero-order valence-corrected chi connectivity index (χ0v) is 24.0. The predicted molar refractivity (Wildman–Crippen MR) is 156 cm³/mol. The molecule has 228 valence electrons. The van der Waals surface area contributed by atoms with Crippen molar-refractivity contribution in [1.82, 2.24) is 9.80 Å². The number of hydrogen-bond donors (Lipinski definition) is 1. The number of benzene rings is 2. The van der Waals surface area contributed by atoms with Crippen LogP contribution < -0.4 is 15.2 Å². The summed E-state index contributed by atoms with van der Waals surface area (Å²) in [5, 5.41) is 10.9. The monoisotopic (exact) mass is 588 g/mol. The minimum Gasteiger partial charge on any atom is -0.495 e. The molecule has 2 aliphatic heterocycles. The number of nitrogens with two attached hydrogens (primary N) is 1. The Bertz CT molecular complexity index is 1280. The summed E-state index contributed by atoms with van der Waals surface area (Å²) in [5.74, 6) is 1.02. The van der Waals surface area contributed by atoms with Gasteiger partial charge in [0.2, 0.25) is 11.8 Å². The molecular formula is C30H38F2N4O6. The fourth-order valence-corrected chi connectivity index (χ4v) is 5.11. The number of carbonyl (C=O) groups excluding carboxylic acids is 2. The topological polar surface area (TPSA) is 128 Å². The van der Waals surface area contributed by atoms with E-state index in [9.17, 15) is 28.5 Å². The SMILES string of the molecule is COc1cc(C2=CCN(C(=O)CCF)CC2)ccc1[N+](=O)[O-].COc1cc(C2CCN(C(=O)CCF)CC2)ccc1N. The maximum atomic E-state index is 12.2.